The molecule has 2 aromatic heterocycles. The lowest BCUT2D eigenvalue weighted by Crippen LogP contribution is -2.21. The molecule has 0 saturated heterocycles. The second-order valence-corrected chi connectivity index (χ2v) is 7.44. The summed E-state index contributed by atoms with van der Waals surface area (Å²) in [6.07, 6.45) is -0.889. The summed E-state index contributed by atoms with van der Waals surface area (Å²) in [5.41, 5.74) is 1.80. The summed E-state index contributed by atoms with van der Waals surface area (Å²) in [6.45, 7) is 0.0400. The van der Waals surface area contributed by atoms with Crippen LogP contribution in [0.15, 0.2) is 84.0 Å². The van der Waals surface area contributed by atoms with E-state index in [-0.39, 0.29) is 12.3 Å². The van der Waals surface area contributed by atoms with Crippen LogP contribution in [0.25, 0.3) is 16.8 Å². The van der Waals surface area contributed by atoms with E-state index < -0.39 is 23.8 Å². The second-order valence-electron chi connectivity index (χ2n) is 7.44. The standard InChI is InChI=1S/C24H19F3N4O4/c1-30-13-17(12-28-30)20-14-31(18-7-9-19(10-8-18)35-24(25,26)27)22(32)11-21(20)29-23(33)34-15-16-5-3-2-4-6-16/h2-14H,15H2,1H3,(H,29,33). The molecule has 4 rings (SSSR count). The number of ether oxygens (including phenoxy) is 2. The van der Waals surface area contributed by atoms with Gasteiger partial charge in [-0.2, -0.15) is 5.10 Å². The average molecular weight is 484 g/mol. The van der Waals surface area contributed by atoms with Crippen LogP contribution < -0.4 is 15.6 Å². The third kappa shape index (κ3) is 6.08. The van der Waals surface area contributed by atoms with Crippen LogP contribution >= 0.6 is 0 Å². The molecule has 1 N–H and O–H groups in total. The first-order valence-electron chi connectivity index (χ1n) is 10.3. The topological polar surface area (TPSA) is 87.4 Å². The Hall–Kier alpha value is -4.54. The lowest BCUT2D eigenvalue weighted by Gasteiger charge is -2.14. The quantitative estimate of drug-likeness (QED) is 0.421. The molecule has 0 bridgehead atoms. The Balaban J connectivity index is 1.63. The fraction of sp³-hybridized carbons (Fsp3) is 0.125. The van der Waals surface area contributed by atoms with Gasteiger partial charge in [-0.1, -0.05) is 30.3 Å². The second kappa shape index (κ2) is 9.75. The number of hydrogen-bond donors (Lipinski definition) is 1. The number of benzene rings is 2. The summed E-state index contributed by atoms with van der Waals surface area (Å²) < 4.78 is 49.2. The van der Waals surface area contributed by atoms with Crippen LogP contribution in [0.4, 0.5) is 23.7 Å². The summed E-state index contributed by atoms with van der Waals surface area (Å²) in [6, 6.07) is 15.1. The maximum absolute atomic E-state index is 12.8. The monoisotopic (exact) mass is 484 g/mol. The van der Waals surface area contributed by atoms with E-state index in [4.69, 9.17) is 4.74 Å². The first kappa shape index (κ1) is 23.6. The van der Waals surface area contributed by atoms with Gasteiger partial charge in [-0.05, 0) is 29.8 Å². The summed E-state index contributed by atoms with van der Waals surface area (Å²) in [4.78, 5) is 25.3. The fourth-order valence-corrected chi connectivity index (χ4v) is 3.31. The number of aryl methyl sites for hydroxylation is 1. The van der Waals surface area contributed by atoms with Crippen LogP contribution in [0.2, 0.25) is 0 Å². The zero-order chi connectivity index (χ0) is 25.0. The van der Waals surface area contributed by atoms with Crippen LogP contribution in [0.3, 0.4) is 0 Å². The Bertz CT molecular complexity index is 1380. The molecule has 180 valence electrons. The van der Waals surface area contributed by atoms with Gasteiger partial charge in [0, 0.05) is 42.3 Å². The first-order valence-corrected chi connectivity index (χ1v) is 10.3. The maximum atomic E-state index is 12.8. The van der Waals surface area contributed by atoms with Gasteiger partial charge < -0.3 is 9.47 Å². The number of amides is 1. The molecule has 0 fully saturated rings. The summed E-state index contributed by atoms with van der Waals surface area (Å²) in [7, 11) is 1.71. The number of nitrogens with one attached hydrogen (secondary N) is 1. The molecule has 0 radical (unpaired) electrons. The fourth-order valence-electron chi connectivity index (χ4n) is 3.31. The number of hydrogen-bond acceptors (Lipinski definition) is 5. The van der Waals surface area contributed by atoms with Crippen molar-refractivity contribution in [1.29, 1.82) is 0 Å². The smallest absolute Gasteiger partial charge is 0.444 e. The van der Waals surface area contributed by atoms with Gasteiger partial charge in [-0.3, -0.25) is 19.4 Å². The van der Waals surface area contributed by atoms with Crippen molar-refractivity contribution in [2.45, 2.75) is 13.0 Å². The molecule has 35 heavy (non-hydrogen) atoms. The highest BCUT2D eigenvalue weighted by Gasteiger charge is 2.31. The predicted molar refractivity (Wildman–Crippen MR) is 121 cm³/mol. The van der Waals surface area contributed by atoms with E-state index in [1.165, 1.54) is 29.0 Å². The maximum Gasteiger partial charge on any atom is 0.573 e. The number of pyridine rings is 1. The molecular formula is C24H19F3N4O4. The molecule has 0 atom stereocenters. The Labute approximate surface area is 197 Å². The van der Waals surface area contributed by atoms with Crippen molar-refractivity contribution in [1.82, 2.24) is 14.3 Å². The molecule has 0 saturated carbocycles. The Morgan fingerprint density at radius 2 is 1.77 bits per heavy atom. The Morgan fingerprint density at radius 3 is 2.40 bits per heavy atom. The van der Waals surface area contributed by atoms with Gasteiger partial charge in [0.25, 0.3) is 5.56 Å². The zero-order valence-electron chi connectivity index (χ0n) is 18.3. The molecule has 2 aromatic carbocycles. The number of anilines is 1. The predicted octanol–water partition coefficient (Wildman–Crippen LogP) is 4.89. The minimum absolute atomic E-state index is 0.0400. The van der Waals surface area contributed by atoms with E-state index in [0.29, 0.717) is 16.8 Å². The highest BCUT2D eigenvalue weighted by Crippen LogP contribution is 2.28. The molecule has 0 aliphatic rings. The average Bonchev–Trinajstić information content (AvgIpc) is 3.24. The molecule has 0 spiro atoms. The van der Waals surface area contributed by atoms with Crippen LogP contribution in [-0.4, -0.2) is 26.8 Å². The highest BCUT2D eigenvalue weighted by atomic mass is 19.4. The van der Waals surface area contributed by atoms with Gasteiger partial charge in [0.15, 0.2) is 0 Å². The van der Waals surface area contributed by atoms with Crippen molar-refractivity contribution in [3.05, 3.63) is 95.2 Å². The van der Waals surface area contributed by atoms with Crippen LogP contribution in [0.5, 0.6) is 5.75 Å². The molecule has 0 unspecified atom stereocenters. The number of aromatic nitrogens is 3. The van der Waals surface area contributed by atoms with Crippen molar-refractivity contribution in [2.24, 2.45) is 7.05 Å². The molecule has 1 amide bonds. The number of carbonyl (C=O) groups excluding carboxylic acids is 1. The van der Waals surface area contributed by atoms with E-state index in [2.05, 4.69) is 15.2 Å². The van der Waals surface area contributed by atoms with Crippen LogP contribution in [-0.2, 0) is 18.4 Å². The minimum atomic E-state index is -4.83. The minimum Gasteiger partial charge on any atom is -0.444 e. The number of halogens is 3. The molecule has 11 heteroatoms. The van der Waals surface area contributed by atoms with Crippen molar-refractivity contribution in [3.63, 3.8) is 0 Å². The number of rotatable bonds is 6. The lowest BCUT2D eigenvalue weighted by molar-refractivity contribution is -0.274. The number of carbonyl (C=O) groups is 1. The summed E-state index contributed by atoms with van der Waals surface area (Å²) >= 11 is 0. The molecule has 2 heterocycles. The van der Waals surface area contributed by atoms with E-state index in [0.717, 1.165) is 17.7 Å². The van der Waals surface area contributed by atoms with Gasteiger partial charge in [-0.25, -0.2) is 4.79 Å². The van der Waals surface area contributed by atoms with Crippen molar-refractivity contribution >= 4 is 11.8 Å². The first-order chi connectivity index (χ1) is 16.7. The molecular weight excluding hydrogens is 465 g/mol. The van der Waals surface area contributed by atoms with Gasteiger partial charge in [-0.15, -0.1) is 13.2 Å². The van der Waals surface area contributed by atoms with Crippen molar-refractivity contribution in [2.75, 3.05) is 5.32 Å². The summed E-state index contributed by atoms with van der Waals surface area (Å²) in [5, 5.41) is 6.71. The number of nitrogens with zero attached hydrogens (tertiary/aromatic N) is 3. The van der Waals surface area contributed by atoms with Gasteiger partial charge >= 0.3 is 12.5 Å². The van der Waals surface area contributed by atoms with E-state index in [1.807, 2.05) is 18.2 Å². The van der Waals surface area contributed by atoms with Crippen molar-refractivity contribution in [3.8, 4) is 22.6 Å². The van der Waals surface area contributed by atoms with Gasteiger partial charge in [0.1, 0.15) is 12.4 Å². The third-order valence-electron chi connectivity index (χ3n) is 4.87. The van der Waals surface area contributed by atoms with E-state index in [1.54, 1.807) is 36.3 Å². The Morgan fingerprint density at radius 1 is 1.06 bits per heavy atom. The molecule has 0 aliphatic heterocycles. The van der Waals surface area contributed by atoms with Crippen LogP contribution in [0.1, 0.15) is 5.56 Å². The van der Waals surface area contributed by atoms with Crippen molar-refractivity contribution < 1.29 is 27.4 Å². The van der Waals surface area contributed by atoms with Gasteiger partial charge in [0.2, 0.25) is 0 Å². The lowest BCUT2D eigenvalue weighted by atomic mass is 10.1. The highest BCUT2D eigenvalue weighted by molar-refractivity contribution is 5.91. The SMILES string of the molecule is Cn1cc(-c2cn(-c3ccc(OC(F)(F)F)cc3)c(=O)cc2NC(=O)OCc2ccccc2)cn1. The van der Waals surface area contributed by atoms with Gasteiger partial charge in [0.05, 0.1) is 11.9 Å². The van der Waals surface area contributed by atoms with E-state index >= 15 is 0 Å². The summed E-state index contributed by atoms with van der Waals surface area (Å²) in [5.74, 6) is -0.416. The van der Waals surface area contributed by atoms with Crippen LogP contribution in [0, 0.1) is 0 Å². The third-order valence-corrected chi connectivity index (χ3v) is 4.87. The zero-order valence-corrected chi connectivity index (χ0v) is 18.3. The largest absolute Gasteiger partial charge is 0.573 e. The number of alkyl halides is 3. The molecule has 0 aliphatic carbocycles. The normalized spacial score (nSPS) is 11.2. The Kier molecular flexibility index (Phi) is 6.58. The van der Waals surface area contributed by atoms with E-state index in [9.17, 15) is 22.8 Å². The molecule has 8 nitrogen and oxygen atoms in total. The molecule has 4 aromatic rings.